The van der Waals surface area contributed by atoms with Crippen molar-refractivity contribution in [1.29, 1.82) is 0 Å². The molecule has 0 amide bonds. The average molecular weight is 362 g/mol. The zero-order chi connectivity index (χ0) is 19.1. The van der Waals surface area contributed by atoms with Gasteiger partial charge in [-0.2, -0.15) is 0 Å². The van der Waals surface area contributed by atoms with Gasteiger partial charge in [0, 0.05) is 22.7 Å². The van der Waals surface area contributed by atoms with Crippen molar-refractivity contribution < 1.29 is 24.2 Å². The minimum absolute atomic E-state index is 0.0505. The van der Waals surface area contributed by atoms with Crippen LogP contribution < -0.4 is 0 Å². The van der Waals surface area contributed by atoms with Gasteiger partial charge >= 0.3 is 0 Å². The van der Waals surface area contributed by atoms with Crippen LogP contribution in [0.3, 0.4) is 0 Å². The topological polar surface area (TPSA) is 74.6 Å². The molecule has 2 N–H and O–H groups in total. The molecule has 26 heavy (non-hydrogen) atoms. The Bertz CT molecular complexity index is 742. The molecule has 142 valence electrons. The molecular weight excluding hydrogens is 335 g/mol. The van der Waals surface area contributed by atoms with Gasteiger partial charge < -0.3 is 10.2 Å². The molecule has 3 fully saturated rings. The number of allylic oxidation sites excluding steroid dienone is 4. The second kappa shape index (κ2) is 5.35. The molecule has 0 radical (unpaired) electrons. The molecule has 0 spiro atoms. The van der Waals surface area contributed by atoms with Gasteiger partial charge in [-0.15, -0.1) is 0 Å². The molecule has 4 rings (SSSR count). The molecule has 0 aromatic heterocycles. The Hall–Kier alpha value is -1.33. The fraction of sp³-hybridized carbons (Fsp3) is 0.714. The van der Waals surface area contributed by atoms with Gasteiger partial charge in [0.2, 0.25) is 0 Å². The number of halogens is 1. The summed E-state index contributed by atoms with van der Waals surface area (Å²) in [5.41, 5.74) is -3.00. The van der Waals surface area contributed by atoms with E-state index in [1.165, 1.54) is 12.2 Å². The number of Topliss-reactive ketones (excluding diaryl/α,β-unsaturated/α-hetero) is 1. The summed E-state index contributed by atoms with van der Waals surface area (Å²) in [5.74, 6) is -1.28. The molecule has 0 heterocycles. The van der Waals surface area contributed by atoms with Crippen LogP contribution in [0.1, 0.15) is 46.5 Å². The van der Waals surface area contributed by atoms with Crippen LogP contribution in [0, 0.1) is 28.6 Å². The van der Waals surface area contributed by atoms with Crippen molar-refractivity contribution in [2.45, 2.75) is 64.3 Å². The second-order valence-corrected chi connectivity index (χ2v) is 9.29. The van der Waals surface area contributed by atoms with E-state index < -0.39 is 34.6 Å². The maximum atomic E-state index is 16.7. The third-order valence-corrected chi connectivity index (χ3v) is 8.06. The van der Waals surface area contributed by atoms with Crippen LogP contribution in [0.4, 0.5) is 4.39 Å². The largest absolute Gasteiger partial charge is 0.390 e. The van der Waals surface area contributed by atoms with E-state index in [4.69, 9.17) is 0 Å². The van der Waals surface area contributed by atoms with Gasteiger partial charge in [-0.05, 0) is 50.7 Å². The molecule has 4 nitrogen and oxygen atoms in total. The molecule has 4 aliphatic rings. The number of hydrogen-bond donors (Lipinski definition) is 2. The van der Waals surface area contributed by atoms with Crippen LogP contribution in [-0.4, -0.2) is 39.7 Å². The molecule has 3 saturated carbocycles. The van der Waals surface area contributed by atoms with Crippen LogP contribution in [0.5, 0.6) is 0 Å². The molecule has 0 bridgehead atoms. The summed E-state index contributed by atoms with van der Waals surface area (Å²) < 4.78 is 16.7. The minimum Gasteiger partial charge on any atom is -0.390 e. The van der Waals surface area contributed by atoms with Gasteiger partial charge in [0.15, 0.2) is 17.2 Å². The number of carbonyl (C=O) groups is 2. The van der Waals surface area contributed by atoms with E-state index in [1.807, 2.05) is 6.92 Å². The van der Waals surface area contributed by atoms with E-state index >= 15 is 4.39 Å². The number of rotatable bonds is 0. The molecule has 8 atom stereocenters. The second-order valence-electron chi connectivity index (χ2n) is 9.29. The molecule has 0 aromatic carbocycles. The van der Waals surface area contributed by atoms with E-state index in [-0.39, 0.29) is 29.8 Å². The Kier molecular flexibility index (Phi) is 3.72. The number of fused-ring (bicyclic) bond motifs is 5. The number of alkyl halides is 1. The Morgan fingerprint density at radius 3 is 2.58 bits per heavy atom. The number of hydrogen-bond acceptors (Lipinski definition) is 4. The summed E-state index contributed by atoms with van der Waals surface area (Å²) in [7, 11) is 0. The number of aliphatic hydroxyl groups excluding tert-OH is 2. The number of ketones is 2. The Morgan fingerprint density at radius 1 is 1.19 bits per heavy atom. The van der Waals surface area contributed by atoms with E-state index in [9.17, 15) is 19.8 Å². The normalized spacial score (nSPS) is 53.5. The summed E-state index contributed by atoms with van der Waals surface area (Å²) in [4.78, 5) is 24.2. The molecule has 0 aliphatic heterocycles. The van der Waals surface area contributed by atoms with Crippen LogP contribution >= 0.6 is 0 Å². The Labute approximate surface area is 153 Å². The Balaban J connectivity index is 1.83. The lowest BCUT2D eigenvalue weighted by atomic mass is 9.42. The van der Waals surface area contributed by atoms with Crippen molar-refractivity contribution in [1.82, 2.24) is 0 Å². The fourth-order valence-electron chi connectivity index (χ4n) is 6.44. The van der Waals surface area contributed by atoms with Crippen molar-refractivity contribution in [3.05, 3.63) is 23.8 Å². The SMILES string of the molecule is C[C@H]1C[C@H]2[C@@H]3CCC4=CC(=O)C=C[C@]4(C)[C@@]3(F)[C@@H](O)C[C@]2(C)C(O)C1=O. The van der Waals surface area contributed by atoms with E-state index in [0.29, 0.717) is 19.3 Å². The third kappa shape index (κ3) is 1.96. The van der Waals surface area contributed by atoms with Gasteiger partial charge in [0.25, 0.3) is 0 Å². The molecule has 0 saturated heterocycles. The number of aliphatic hydroxyl groups is 2. The van der Waals surface area contributed by atoms with Gasteiger partial charge in [0.05, 0.1) is 6.10 Å². The molecule has 1 unspecified atom stereocenters. The van der Waals surface area contributed by atoms with E-state index in [0.717, 1.165) is 5.57 Å². The predicted molar refractivity (Wildman–Crippen MR) is 93.9 cm³/mol. The summed E-state index contributed by atoms with van der Waals surface area (Å²) in [6.45, 7) is 5.39. The van der Waals surface area contributed by atoms with Gasteiger partial charge in [-0.25, -0.2) is 4.39 Å². The first-order chi connectivity index (χ1) is 12.1. The highest BCUT2D eigenvalue weighted by atomic mass is 19.1. The predicted octanol–water partition coefficient (Wildman–Crippen LogP) is 2.53. The molecular formula is C21H27FO4. The van der Waals surface area contributed by atoms with Gasteiger partial charge in [-0.3, -0.25) is 9.59 Å². The standard InChI is InChI=1S/C21H27FO4/c1-11-8-15-14-5-4-12-9-13(23)6-7-20(12,3)21(14,22)16(24)10-19(15,2)18(26)17(11)25/h6-7,9,11,14-16,18,24,26H,4-5,8,10H2,1-3H3/t11-,14-,15-,16-,18?,19-,20-,21-/m0/s1. The maximum absolute atomic E-state index is 16.7. The van der Waals surface area contributed by atoms with Crippen molar-refractivity contribution in [3.8, 4) is 0 Å². The zero-order valence-corrected chi connectivity index (χ0v) is 15.5. The first-order valence-corrected chi connectivity index (χ1v) is 9.58. The Morgan fingerprint density at radius 2 is 1.88 bits per heavy atom. The maximum Gasteiger partial charge on any atom is 0.178 e. The lowest BCUT2D eigenvalue weighted by Crippen LogP contribution is -2.70. The van der Waals surface area contributed by atoms with Crippen molar-refractivity contribution in [3.63, 3.8) is 0 Å². The van der Waals surface area contributed by atoms with Gasteiger partial charge in [-0.1, -0.05) is 25.5 Å². The molecule has 4 aliphatic carbocycles. The summed E-state index contributed by atoms with van der Waals surface area (Å²) in [6.07, 6.45) is 3.78. The minimum atomic E-state index is -1.90. The van der Waals surface area contributed by atoms with Crippen molar-refractivity contribution >= 4 is 11.6 Å². The highest BCUT2D eigenvalue weighted by Crippen LogP contribution is 2.66. The van der Waals surface area contributed by atoms with E-state index in [1.54, 1.807) is 19.9 Å². The first kappa shape index (κ1) is 18.1. The third-order valence-electron chi connectivity index (χ3n) is 8.06. The molecule has 5 heteroatoms. The molecule has 0 aromatic rings. The van der Waals surface area contributed by atoms with E-state index in [2.05, 4.69) is 0 Å². The smallest absolute Gasteiger partial charge is 0.178 e. The lowest BCUT2D eigenvalue weighted by Gasteiger charge is -2.64. The van der Waals surface area contributed by atoms with Crippen LogP contribution in [0.25, 0.3) is 0 Å². The monoisotopic (exact) mass is 362 g/mol. The highest BCUT2D eigenvalue weighted by molar-refractivity contribution is 6.01. The summed E-state index contributed by atoms with van der Waals surface area (Å²) in [5, 5.41) is 21.6. The highest BCUT2D eigenvalue weighted by Gasteiger charge is 2.70. The van der Waals surface area contributed by atoms with Crippen LogP contribution in [0.15, 0.2) is 23.8 Å². The van der Waals surface area contributed by atoms with Crippen molar-refractivity contribution in [2.24, 2.45) is 28.6 Å². The summed E-state index contributed by atoms with van der Waals surface area (Å²) in [6, 6.07) is 0. The van der Waals surface area contributed by atoms with Crippen LogP contribution in [0.2, 0.25) is 0 Å². The first-order valence-electron chi connectivity index (χ1n) is 9.58. The fourth-order valence-corrected chi connectivity index (χ4v) is 6.44. The average Bonchev–Trinajstić information content (AvgIpc) is 2.58. The van der Waals surface area contributed by atoms with Crippen LogP contribution in [-0.2, 0) is 9.59 Å². The lowest BCUT2D eigenvalue weighted by molar-refractivity contribution is -0.226. The number of carbonyl (C=O) groups excluding carboxylic acids is 2. The van der Waals surface area contributed by atoms with Gasteiger partial charge in [0.1, 0.15) is 6.10 Å². The summed E-state index contributed by atoms with van der Waals surface area (Å²) >= 11 is 0. The zero-order valence-electron chi connectivity index (χ0n) is 15.5. The van der Waals surface area contributed by atoms with Crippen molar-refractivity contribution in [2.75, 3.05) is 0 Å². The quantitative estimate of drug-likeness (QED) is 0.694.